The second-order valence-electron chi connectivity index (χ2n) is 6.99. The number of carbonyl (C=O) groups excluding carboxylic acids is 1. The topological polar surface area (TPSA) is 60.9 Å². The minimum atomic E-state index is -0.729. The van der Waals surface area contributed by atoms with E-state index < -0.39 is 5.97 Å². The van der Waals surface area contributed by atoms with Crippen LogP contribution in [0.15, 0.2) is 0 Å². The molecule has 3 unspecified atom stereocenters. The molecule has 0 spiro atoms. The van der Waals surface area contributed by atoms with Gasteiger partial charge in [-0.05, 0) is 37.6 Å². The van der Waals surface area contributed by atoms with Gasteiger partial charge in [-0.15, -0.1) is 0 Å². The first kappa shape index (κ1) is 14.8. The number of amides is 1. The van der Waals surface area contributed by atoms with E-state index >= 15 is 0 Å². The molecule has 3 aliphatic rings. The molecule has 5 heteroatoms. The molecule has 0 radical (unpaired) electrons. The molecule has 0 aromatic carbocycles. The van der Waals surface area contributed by atoms with Crippen LogP contribution in [0.2, 0.25) is 0 Å². The molecule has 3 rings (SSSR count). The van der Waals surface area contributed by atoms with E-state index in [-0.39, 0.29) is 11.8 Å². The van der Waals surface area contributed by atoms with E-state index in [1.165, 1.54) is 25.7 Å². The second kappa shape index (κ2) is 6.34. The van der Waals surface area contributed by atoms with Gasteiger partial charge in [0.1, 0.15) is 0 Å². The van der Waals surface area contributed by atoms with Crippen LogP contribution < -0.4 is 0 Å². The molecule has 1 amide bonds. The Labute approximate surface area is 126 Å². The molecule has 3 fully saturated rings. The second-order valence-corrected chi connectivity index (χ2v) is 6.99. The van der Waals surface area contributed by atoms with Crippen LogP contribution in [-0.4, -0.2) is 59.5 Å². The summed E-state index contributed by atoms with van der Waals surface area (Å²) in [6, 6.07) is 0. The summed E-state index contributed by atoms with van der Waals surface area (Å²) >= 11 is 0. The van der Waals surface area contributed by atoms with Crippen molar-refractivity contribution in [3.05, 3.63) is 0 Å². The number of carbonyl (C=O) groups is 2. The summed E-state index contributed by atoms with van der Waals surface area (Å²) in [6.45, 7) is 3.50. The third-order valence-electron chi connectivity index (χ3n) is 5.62. The van der Waals surface area contributed by atoms with E-state index in [0.717, 1.165) is 32.0 Å². The van der Waals surface area contributed by atoms with E-state index in [1.54, 1.807) is 0 Å². The number of hydrogen-bond donors (Lipinski definition) is 1. The van der Waals surface area contributed by atoms with Crippen molar-refractivity contribution in [2.75, 3.05) is 32.7 Å². The lowest BCUT2D eigenvalue weighted by molar-refractivity contribution is -0.142. The summed E-state index contributed by atoms with van der Waals surface area (Å²) in [5, 5.41) is 9.02. The predicted molar refractivity (Wildman–Crippen MR) is 78.8 cm³/mol. The Morgan fingerprint density at radius 2 is 1.71 bits per heavy atom. The quantitative estimate of drug-likeness (QED) is 0.855. The molecule has 118 valence electrons. The van der Waals surface area contributed by atoms with Crippen LogP contribution in [0, 0.1) is 17.8 Å². The van der Waals surface area contributed by atoms with E-state index in [0.29, 0.717) is 25.4 Å². The SMILES string of the molecule is O=C(O)C1CCN(CC(=O)N2CCC3CCCCC3C2)C1. The molecule has 5 nitrogen and oxygen atoms in total. The zero-order valence-electron chi connectivity index (χ0n) is 12.7. The van der Waals surface area contributed by atoms with Crippen LogP contribution in [0.4, 0.5) is 0 Å². The molecule has 2 saturated heterocycles. The molecule has 0 aromatic heterocycles. The Morgan fingerprint density at radius 3 is 2.43 bits per heavy atom. The molecular formula is C16H26N2O3. The minimum absolute atomic E-state index is 0.199. The summed E-state index contributed by atoms with van der Waals surface area (Å²) < 4.78 is 0. The van der Waals surface area contributed by atoms with E-state index in [9.17, 15) is 9.59 Å². The fourth-order valence-electron chi connectivity index (χ4n) is 4.30. The Hall–Kier alpha value is -1.10. The number of carboxylic acids is 1. The summed E-state index contributed by atoms with van der Waals surface area (Å²) in [7, 11) is 0. The third kappa shape index (κ3) is 3.39. The van der Waals surface area contributed by atoms with Gasteiger partial charge in [-0.3, -0.25) is 14.5 Å². The lowest BCUT2D eigenvalue weighted by atomic mass is 9.75. The predicted octanol–water partition coefficient (Wildman–Crippen LogP) is 1.43. The van der Waals surface area contributed by atoms with Crippen molar-refractivity contribution in [3.63, 3.8) is 0 Å². The Morgan fingerprint density at radius 1 is 0.952 bits per heavy atom. The minimum Gasteiger partial charge on any atom is -0.481 e. The van der Waals surface area contributed by atoms with Crippen molar-refractivity contribution in [1.82, 2.24) is 9.80 Å². The molecule has 2 heterocycles. The highest BCUT2D eigenvalue weighted by Crippen LogP contribution is 2.36. The van der Waals surface area contributed by atoms with Crippen LogP contribution in [-0.2, 0) is 9.59 Å². The summed E-state index contributed by atoms with van der Waals surface area (Å²) in [4.78, 5) is 27.4. The first-order chi connectivity index (χ1) is 10.1. The van der Waals surface area contributed by atoms with Gasteiger partial charge in [0.15, 0.2) is 0 Å². The summed E-state index contributed by atoms with van der Waals surface area (Å²) in [5.41, 5.74) is 0. The fraction of sp³-hybridized carbons (Fsp3) is 0.875. The van der Waals surface area contributed by atoms with Gasteiger partial charge < -0.3 is 10.0 Å². The zero-order chi connectivity index (χ0) is 14.8. The summed E-state index contributed by atoms with van der Waals surface area (Å²) in [5.74, 6) is 0.729. The van der Waals surface area contributed by atoms with Gasteiger partial charge in [-0.1, -0.05) is 19.3 Å². The average Bonchev–Trinajstić information content (AvgIpc) is 2.95. The normalized spacial score (nSPS) is 33.7. The maximum atomic E-state index is 12.4. The van der Waals surface area contributed by atoms with E-state index in [4.69, 9.17) is 5.11 Å². The van der Waals surface area contributed by atoms with Crippen molar-refractivity contribution in [1.29, 1.82) is 0 Å². The number of aliphatic carboxylic acids is 1. The zero-order valence-corrected chi connectivity index (χ0v) is 12.7. The molecule has 21 heavy (non-hydrogen) atoms. The largest absolute Gasteiger partial charge is 0.481 e. The van der Waals surface area contributed by atoms with Gasteiger partial charge in [0, 0.05) is 19.6 Å². The first-order valence-electron chi connectivity index (χ1n) is 8.36. The summed E-state index contributed by atoms with van der Waals surface area (Å²) in [6.07, 6.45) is 7.13. The van der Waals surface area contributed by atoms with Crippen LogP contribution in [0.3, 0.4) is 0 Å². The van der Waals surface area contributed by atoms with Crippen LogP contribution >= 0.6 is 0 Å². The van der Waals surface area contributed by atoms with Crippen LogP contribution in [0.25, 0.3) is 0 Å². The van der Waals surface area contributed by atoms with Crippen molar-refractivity contribution >= 4 is 11.9 Å². The molecule has 0 aromatic rings. The van der Waals surface area contributed by atoms with Gasteiger partial charge in [0.2, 0.25) is 5.91 Å². The third-order valence-corrected chi connectivity index (χ3v) is 5.62. The highest BCUT2D eigenvalue weighted by atomic mass is 16.4. The molecule has 2 aliphatic heterocycles. The van der Waals surface area contributed by atoms with Crippen molar-refractivity contribution in [2.45, 2.75) is 38.5 Å². The Bertz CT molecular complexity index is 412. The average molecular weight is 294 g/mol. The Kier molecular flexibility index (Phi) is 4.48. The number of nitrogens with zero attached hydrogens (tertiary/aromatic N) is 2. The van der Waals surface area contributed by atoms with Crippen molar-refractivity contribution in [2.24, 2.45) is 17.8 Å². The molecule has 3 atom stereocenters. The number of rotatable bonds is 3. The highest BCUT2D eigenvalue weighted by Gasteiger charge is 2.34. The molecule has 0 bridgehead atoms. The molecular weight excluding hydrogens is 268 g/mol. The molecule has 1 N–H and O–H groups in total. The van der Waals surface area contributed by atoms with Gasteiger partial charge in [0.25, 0.3) is 0 Å². The van der Waals surface area contributed by atoms with Gasteiger partial charge >= 0.3 is 5.97 Å². The lowest BCUT2D eigenvalue weighted by Gasteiger charge is -2.41. The monoisotopic (exact) mass is 294 g/mol. The molecule has 1 saturated carbocycles. The first-order valence-corrected chi connectivity index (χ1v) is 8.36. The van der Waals surface area contributed by atoms with Gasteiger partial charge in [-0.2, -0.15) is 0 Å². The maximum absolute atomic E-state index is 12.4. The Balaban J connectivity index is 1.48. The lowest BCUT2D eigenvalue weighted by Crippen LogP contribution is -2.48. The van der Waals surface area contributed by atoms with Crippen molar-refractivity contribution < 1.29 is 14.7 Å². The highest BCUT2D eigenvalue weighted by molar-refractivity contribution is 5.78. The van der Waals surface area contributed by atoms with Gasteiger partial charge in [0.05, 0.1) is 12.5 Å². The van der Waals surface area contributed by atoms with E-state index in [1.807, 2.05) is 9.80 Å². The number of fused-ring (bicyclic) bond motifs is 1. The number of carboxylic acid groups (broad SMARTS) is 1. The standard InChI is InChI=1S/C16H26N2O3/c19-15(11-17-7-5-14(9-17)16(20)21)18-8-6-12-3-1-2-4-13(12)10-18/h12-14H,1-11H2,(H,20,21). The molecule has 1 aliphatic carbocycles. The number of hydrogen-bond acceptors (Lipinski definition) is 3. The van der Waals surface area contributed by atoms with Crippen LogP contribution in [0.5, 0.6) is 0 Å². The fourth-order valence-corrected chi connectivity index (χ4v) is 4.30. The number of piperidine rings is 1. The van der Waals surface area contributed by atoms with E-state index in [2.05, 4.69) is 0 Å². The van der Waals surface area contributed by atoms with Gasteiger partial charge in [-0.25, -0.2) is 0 Å². The van der Waals surface area contributed by atoms with Crippen LogP contribution in [0.1, 0.15) is 38.5 Å². The van der Waals surface area contributed by atoms with Crippen molar-refractivity contribution in [3.8, 4) is 0 Å². The maximum Gasteiger partial charge on any atom is 0.307 e. The smallest absolute Gasteiger partial charge is 0.307 e. The number of likely N-dealkylation sites (tertiary alicyclic amines) is 2.